The lowest BCUT2D eigenvalue weighted by atomic mass is 9.91. The number of nitrogens with two attached hydrogens (primary N) is 1. The number of ether oxygens (including phenoxy) is 1. The molecule has 2 N–H and O–H groups in total. The second-order valence-electron chi connectivity index (χ2n) is 6.68. The molecule has 1 amide bonds. The Morgan fingerprint density at radius 2 is 2.00 bits per heavy atom. The maximum Gasteiger partial charge on any atom is 0.288 e. The summed E-state index contributed by atoms with van der Waals surface area (Å²) in [5.41, 5.74) is 6.77. The molecule has 1 aromatic heterocycles. The smallest absolute Gasteiger partial charge is 0.288 e. The predicted molar refractivity (Wildman–Crippen MR) is 103 cm³/mol. The molecule has 142 valence electrons. The van der Waals surface area contributed by atoms with Gasteiger partial charge in [0.1, 0.15) is 5.82 Å². The minimum absolute atomic E-state index is 0.0266. The van der Waals surface area contributed by atoms with Crippen LogP contribution in [0, 0.1) is 0 Å². The summed E-state index contributed by atoms with van der Waals surface area (Å²) in [6.07, 6.45) is 0. The third kappa shape index (κ3) is 2.41. The quantitative estimate of drug-likeness (QED) is 0.695. The number of carbonyl (C=O) groups excluding carboxylic acids is 1. The van der Waals surface area contributed by atoms with E-state index in [1.54, 1.807) is 10.7 Å². The fourth-order valence-corrected chi connectivity index (χ4v) is 4.43. The zero-order chi connectivity index (χ0) is 19.5. The van der Waals surface area contributed by atoms with Crippen LogP contribution in [0.1, 0.15) is 27.6 Å². The molecule has 3 heterocycles. The van der Waals surface area contributed by atoms with Crippen LogP contribution in [0.5, 0.6) is 0 Å². The molecule has 0 bridgehead atoms. The fourth-order valence-electron chi connectivity index (χ4n) is 4.00. The molecule has 1 atom stereocenters. The van der Waals surface area contributed by atoms with Gasteiger partial charge >= 0.3 is 0 Å². The third-order valence-electron chi connectivity index (χ3n) is 5.14. The summed E-state index contributed by atoms with van der Waals surface area (Å²) in [5, 5.41) is 5.47. The van der Waals surface area contributed by atoms with Crippen molar-refractivity contribution >= 4 is 29.1 Å². The number of halogens is 2. The van der Waals surface area contributed by atoms with E-state index in [1.165, 1.54) is 0 Å². The van der Waals surface area contributed by atoms with Crippen molar-refractivity contribution in [1.29, 1.82) is 0 Å². The van der Waals surface area contributed by atoms with Gasteiger partial charge in [0.05, 0.1) is 18.8 Å². The molecular weight excluding hydrogens is 401 g/mol. The van der Waals surface area contributed by atoms with Crippen LogP contribution in [0.25, 0.3) is 5.69 Å². The number of hydrogen-bond acceptors (Lipinski definition) is 5. The Balaban J connectivity index is 1.84. The molecule has 0 saturated carbocycles. The van der Waals surface area contributed by atoms with Crippen LogP contribution < -0.4 is 5.73 Å². The number of primary amides is 1. The zero-order valence-corrected chi connectivity index (χ0v) is 16.1. The lowest BCUT2D eigenvalue weighted by Gasteiger charge is -2.37. The Hall–Kier alpha value is -2.45. The van der Waals surface area contributed by atoms with Crippen LogP contribution in [0.4, 0.5) is 0 Å². The van der Waals surface area contributed by atoms with E-state index in [2.05, 4.69) is 15.0 Å². The van der Waals surface area contributed by atoms with Gasteiger partial charge in [-0.25, -0.2) is 9.67 Å². The molecule has 7 nitrogen and oxygen atoms in total. The highest BCUT2D eigenvalue weighted by molar-refractivity contribution is 6.31. The minimum atomic E-state index is -0.937. The Morgan fingerprint density at radius 1 is 1.18 bits per heavy atom. The Labute approximate surface area is 170 Å². The van der Waals surface area contributed by atoms with Crippen molar-refractivity contribution in [1.82, 2.24) is 19.7 Å². The zero-order valence-electron chi connectivity index (χ0n) is 14.6. The van der Waals surface area contributed by atoms with Gasteiger partial charge in [0.25, 0.3) is 5.91 Å². The molecule has 1 unspecified atom stereocenters. The van der Waals surface area contributed by atoms with Crippen LogP contribution in [-0.2, 0) is 17.0 Å². The van der Waals surface area contributed by atoms with Gasteiger partial charge < -0.3 is 10.5 Å². The number of benzene rings is 2. The van der Waals surface area contributed by atoms with E-state index in [0.29, 0.717) is 41.3 Å². The van der Waals surface area contributed by atoms with E-state index in [-0.39, 0.29) is 5.82 Å². The third-order valence-corrected chi connectivity index (χ3v) is 5.70. The molecular formula is C19H15Cl2N5O2. The highest BCUT2D eigenvalue weighted by atomic mass is 35.5. The monoisotopic (exact) mass is 415 g/mol. The largest absolute Gasteiger partial charge is 0.363 e. The number of nitrogens with zero attached hydrogens (tertiary/aromatic N) is 4. The number of aromatic nitrogens is 3. The van der Waals surface area contributed by atoms with Gasteiger partial charge in [-0.1, -0.05) is 41.4 Å². The molecule has 9 heteroatoms. The van der Waals surface area contributed by atoms with Crippen molar-refractivity contribution in [3.05, 3.63) is 75.3 Å². The molecule has 0 spiro atoms. The van der Waals surface area contributed by atoms with Crippen molar-refractivity contribution < 1.29 is 9.53 Å². The summed E-state index contributed by atoms with van der Waals surface area (Å²) in [6.45, 7) is 1.56. The summed E-state index contributed by atoms with van der Waals surface area (Å²) in [5.74, 6) is -0.107. The maximum absolute atomic E-state index is 11.6. The average Bonchev–Trinajstić information content (AvgIpc) is 3.26. The Kier molecular flexibility index (Phi) is 3.96. The first-order valence-electron chi connectivity index (χ1n) is 8.71. The first kappa shape index (κ1) is 17.6. The topological polar surface area (TPSA) is 86.3 Å². The molecule has 2 aromatic carbocycles. The second-order valence-corrected chi connectivity index (χ2v) is 7.53. The summed E-state index contributed by atoms with van der Waals surface area (Å²) < 4.78 is 8.00. The van der Waals surface area contributed by atoms with Crippen molar-refractivity contribution in [2.75, 3.05) is 13.2 Å². The van der Waals surface area contributed by atoms with Crippen LogP contribution in [0.2, 0.25) is 10.0 Å². The molecule has 0 radical (unpaired) electrons. The fraction of sp³-hybridized carbons (Fsp3) is 0.211. The van der Waals surface area contributed by atoms with Gasteiger partial charge in [0.2, 0.25) is 5.82 Å². The first-order valence-corrected chi connectivity index (χ1v) is 9.46. The van der Waals surface area contributed by atoms with E-state index < -0.39 is 11.6 Å². The van der Waals surface area contributed by atoms with Gasteiger partial charge in [-0.15, -0.1) is 5.10 Å². The van der Waals surface area contributed by atoms with Crippen LogP contribution in [0.3, 0.4) is 0 Å². The molecule has 3 aromatic rings. The normalized spacial score (nSPS) is 20.9. The van der Waals surface area contributed by atoms with E-state index in [4.69, 9.17) is 33.7 Å². The summed E-state index contributed by atoms with van der Waals surface area (Å²) in [4.78, 5) is 18.1. The van der Waals surface area contributed by atoms with E-state index in [1.807, 2.05) is 36.4 Å². The van der Waals surface area contributed by atoms with Gasteiger partial charge in [0.15, 0.2) is 5.72 Å². The lowest BCUT2D eigenvalue weighted by molar-refractivity contribution is -0.0550. The average molecular weight is 416 g/mol. The van der Waals surface area contributed by atoms with Crippen molar-refractivity contribution in [3.63, 3.8) is 0 Å². The molecule has 2 aliphatic heterocycles. The molecule has 2 aliphatic rings. The number of fused-ring (bicyclic) bond motifs is 5. The second kappa shape index (κ2) is 6.28. The van der Waals surface area contributed by atoms with Gasteiger partial charge in [0, 0.05) is 27.7 Å². The summed E-state index contributed by atoms with van der Waals surface area (Å²) in [7, 11) is 0. The maximum atomic E-state index is 11.6. The summed E-state index contributed by atoms with van der Waals surface area (Å²) in [6, 6.07) is 13.0. The van der Waals surface area contributed by atoms with Crippen molar-refractivity contribution in [3.8, 4) is 5.69 Å². The van der Waals surface area contributed by atoms with Crippen LogP contribution in [0.15, 0.2) is 42.5 Å². The highest BCUT2D eigenvalue weighted by Crippen LogP contribution is 2.48. The number of carbonyl (C=O) groups is 1. The number of rotatable bonds is 2. The highest BCUT2D eigenvalue weighted by Gasteiger charge is 2.50. The van der Waals surface area contributed by atoms with E-state index in [0.717, 1.165) is 11.1 Å². The summed E-state index contributed by atoms with van der Waals surface area (Å²) >= 11 is 13.0. The SMILES string of the molecule is NC(=O)c1nc2n(n1)-c1ccc(Cl)cc1C1(c3ccccc3Cl)OCCN1C2. The number of amides is 1. The van der Waals surface area contributed by atoms with Crippen LogP contribution >= 0.6 is 23.2 Å². The van der Waals surface area contributed by atoms with E-state index in [9.17, 15) is 4.79 Å². The van der Waals surface area contributed by atoms with Crippen molar-refractivity contribution in [2.45, 2.75) is 12.3 Å². The minimum Gasteiger partial charge on any atom is -0.363 e. The van der Waals surface area contributed by atoms with Gasteiger partial charge in [-0.3, -0.25) is 9.69 Å². The number of hydrogen-bond donors (Lipinski definition) is 1. The molecule has 28 heavy (non-hydrogen) atoms. The lowest BCUT2D eigenvalue weighted by Crippen LogP contribution is -2.42. The van der Waals surface area contributed by atoms with Crippen molar-refractivity contribution in [2.24, 2.45) is 5.73 Å². The molecule has 5 rings (SSSR count). The Bertz CT molecular complexity index is 1120. The standard InChI is InChI=1S/C19H15Cl2N5O2/c20-11-5-6-15-13(9-11)19(12-3-1-2-4-14(12)21)25(7-8-28-19)10-16-23-18(17(22)27)24-26(15)16/h1-6,9H,7-8,10H2,(H2,22,27). The Morgan fingerprint density at radius 3 is 2.79 bits per heavy atom. The first-order chi connectivity index (χ1) is 13.5. The van der Waals surface area contributed by atoms with E-state index >= 15 is 0 Å². The molecule has 0 aliphatic carbocycles. The molecule has 1 fully saturated rings. The van der Waals surface area contributed by atoms with Crippen LogP contribution in [-0.4, -0.2) is 38.7 Å². The van der Waals surface area contributed by atoms with Gasteiger partial charge in [-0.2, -0.15) is 0 Å². The molecule has 1 saturated heterocycles. The predicted octanol–water partition coefficient (Wildman–Crippen LogP) is 2.72. The van der Waals surface area contributed by atoms with Gasteiger partial charge in [-0.05, 0) is 24.3 Å².